The summed E-state index contributed by atoms with van der Waals surface area (Å²) in [7, 11) is 0. The van der Waals surface area contributed by atoms with Gasteiger partial charge in [0.15, 0.2) is 0 Å². The molecule has 10 atom stereocenters. The van der Waals surface area contributed by atoms with Gasteiger partial charge in [0, 0.05) is 24.9 Å². The lowest BCUT2D eigenvalue weighted by atomic mass is 9.31. The summed E-state index contributed by atoms with van der Waals surface area (Å²) in [5, 5.41) is 3.49. The highest BCUT2D eigenvalue weighted by Crippen LogP contribution is 2.78. The highest BCUT2D eigenvalue weighted by molar-refractivity contribution is 5.83. The number of fused-ring (bicyclic) bond motifs is 7. The third-order valence-electron chi connectivity index (χ3n) is 16.7. The van der Waals surface area contributed by atoms with Crippen molar-refractivity contribution in [2.75, 3.05) is 6.54 Å². The molecule has 5 fully saturated rings. The van der Waals surface area contributed by atoms with E-state index in [9.17, 15) is 4.79 Å². The first-order valence-corrected chi connectivity index (χ1v) is 19.5. The first-order valence-electron chi connectivity index (χ1n) is 19.5. The first kappa shape index (κ1) is 33.3. The number of nitrogens with one attached hydrogen (secondary N) is 1. The van der Waals surface area contributed by atoms with E-state index in [0.29, 0.717) is 63.7 Å². The van der Waals surface area contributed by atoms with Gasteiger partial charge in [-0.15, -0.1) is 0 Å². The fourth-order valence-electron chi connectivity index (χ4n) is 14.2. The number of amides is 1. The molecule has 0 spiro atoms. The molecule has 256 valence electrons. The van der Waals surface area contributed by atoms with Gasteiger partial charge in [0.25, 0.3) is 0 Å². The maximum Gasteiger partial charge on any atom is 0.226 e. The number of nitrogens with zero attached hydrogens (tertiary/aromatic N) is 1. The lowest BCUT2D eigenvalue weighted by Gasteiger charge is -2.73. The molecule has 7 rings (SSSR count). The predicted octanol–water partition coefficient (Wildman–Crippen LogP) is 10.6. The summed E-state index contributed by atoms with van der Waals surface area (Å²) in [6.45, 7) is 21.3. The molecule has 5 saturated carbocycles. The van der Waals surface area contributed by atoms with Gasteiger partial charge in [-0.25, -0.2) is 0 Å². The summed E-state index contributed by atoms with van der Waals surface area (Å²) in [5.41, 5.74) is 5.11. The van der Waals surface area contributed by atoms with Crippen LogP contribution in [0.25, 0.3) is 0 Å². The van der Waals surface area contributed by atoms with Gasteiger partial charge in [-0.05, 0) is 152 Å². The van der Waals surface area contributed by atoms with Crippen molar-refractivity contribution in [3.8, 4) is 0 Å². The van der Waals surface area contributed by atoms with Gasteiger partial charge in [0.05, 0.1) is 5.41 Å². The Hall–Kier alpha value is -2.16. The molecule has 1 heterocycles. The van der Waals surface area contributed by atoms with Gasteiger partial charge in [-0.2, -0.15) is 0 Å². The molecule has 0 radical (unpaired) electrons. The summed E-state index contributed by atoms with van der Waals surface area (Å²) < 4.78 is 0. The molecule has 0 saturated heterocycles. The zero-order chi connectivity index (χ0) is 33.4. The van der Waals surface area contributed by atoms with Crippen LogP contribution in [0.4, 0.5) is 0 Å². The number of carbonyl (C=O) groups is 1. The highest BCUT2D eigenvalue weighted by Gasteiger charge is 2.72. The van der Waals surface area contributed by atoms with Crippen LogP contribution in [0.2, 0.25) is 0 Å². The summed E-state index contributed by atoms with van der Waals surface area (Å²) in [5.74, 6) is 4.97. The lowest BCUT2D eigenvalue weighted by Crippen LogP contribution is -2.67. The molecular formula is C44H64N2O. The average molecular weight is 637 g/mol. The van der Waals surface area contributed by atoms with Crippen molar-refractivity contribution >= 4 is 5.91 Å². The number of hydrogen-bond acceptors (Lipinski definition) is 2. The number of pyridine rings is 1. The number of aryl methyl sites for hydroxylation is 1. The van der Waals surface area contributed by atoms with E-state index in [0.717, 1.165) is 36.8 Å². The summed E-state index contributed by atoms with van der Waals surface area (Å²) in [6.07, 6.45) is 15.3. The summed E-state index contributed by atoms with van der Waals surface area (Å²) in [4.78, 5) is 19.0. The highest BCUT2D eigenvalue weighted by atomic mass is 16.2. The molecule has 3 heteroatoms. The molecule has 1 amide bonds. The van der Waals surface area contributed by atoms with Crippen molar-refractivity contribution in [3.63, 3.8) is 0 Å². The number of benzene rings is 1. The molecule has 3 nitrogen and oxygen atoms in total. The molecule has 1 aromatic carbocycles. The molecule has 5 aliphatic rings. The van der Waals surface area contributed by atoms with Crippen LogP contribution in [0.3, 0.4) is 0 Å². The second kappa shape index (κ2) is 11.7. The number of aromatic nitrogens is 1. The largest absolute Gasteiger partial charge is 0.355 e. The summed E-state index contributed by atoms with van der Waals surface area (Å²) >= 11 is 0. The molecule has 1 aromatic heterocycles. The Labute approximate surface area is 286 Å². The van der Waals surface area contributed by atoms with Gasteiger partial charge in [-0.3, -0.25) is 9.78 Å². The SMILES string of the molecule is Cc1ccc([C@H]2CC[C@]3(C)[C@H]4CC[C@@H]5[C@H]6[C@H](C(C)C)CC[C@]6(C(=O)NCCc6ccccn6)CC[C@@]5(C)[C@]4(C)CC[C@H]3C2(C)C)cc1. The van der Waals surface area contributed by atoms with E-state index in [2.05, 4.69) is 96.0 Å². The van der Waals surface area contributed by atoms with E-state index in [-0.39, 0.29) is 5.41 Å². The van der Waals surface area contributed by atoms with Gasteiger partial charge in [0.1, 0.15) is 0 Å². The maximum absolute atomic E-state index is 14.4. The van der Waals surface area contributed by atoms with Crippen molar-refractivity contribution in [1.82, 2.24) is 10.3 Å². The maximum atomic E-state index is 14.4. The van der Waals surface area contributed by atoms with Crippen molar-refractivity contribution in [2.45, 2.75) is 132 Å². The average Bonchev–Trinajstić information content (AvgIpc) is 3.44. The van der Waals surface area contributed by atoms with Crippen LogP contribution in [0.5, 0.6) is 0 Å². The van der Waals surface area contributed by atoms with E-state index >= 15 is 0 Å². The number of carbonyl (C=O) groups excluding carboxylic acids is 1. The Morgan fingerprint density at radius 2 is 1.60 bits per heavy atom. The standard InChI is InChI=1S/C44H64N2O/c1-29(2)33-18-24-44(39(47)46-28-21-32-11-9-10-27-45-32)26-25-42(7)35(38(33)44)16-17-37-41(6)22-19-34(31-14-12-30(3)13-15-31)40(4,5)36(41)20-23-43(37,42)8/h9-15,27,29,33-38H,16-26,28H2,1-8H3,(H,46,47)/t33-,34+,35+,36-,37+,38+,41-,42+,43+,44-/m0/s1. The smallest absolute Gasteiger partial charge is 0.226 e. The van der Waals surface area contributed by atoms with Crippen LogP contribution in [0.15, 0.2) is 48.7 Å². The zero-order valence-corrected chi connectivity index (χ0v) is 31.0. The Balaban J connectivity index is 1.16. The molecular weight excluding hydrogens is 572 g/mol. The fourth-order valence-corrected chi connectivity index (χ4v) is 14.2. The van der Waals surface area contributed by atoms with Crippen LogP contribution < -0.4 is 5.32 Å². The monoisotopic (exact) mass is 637 g/mol. The first-order chi connectivity index (χ1) is 22.3. The lowest BCUT2D eigenvalue weighted by molar-refractivity contribution is -0.239. The van der Waals surface area contributed by atoms with Crippen LogP contribution in [0.1, 0.15) is 135 Å². The van der Waals surface area contributed by atoms with E-state index in [4.69, 9.17) is 0 Å². The van der Waals surface area contributed by atoms with Crippen molar-refractivity contribution < 1.29 is 4.79 Å². The third-order valence-corrected chi connectivity index (χ3v) is 16.7. The second-order valence-electron chi connectivity index (χ2n) is 18.9. The van der Waals surface area contributed by atoms with Gasteiger partial charge in [0.2, 0.25) is 5.91 Å². The quantitative estimate of drug-likeness (QED) is 0.343. The zero-order valence-electron chi connectivity index (χ0n) is 31.0. The molecule has 0 unspecified atom stereocenters. The molecule has 5 aliphatic carbocycles. The number of hydrogen-bond donors (Lipinski definition) is 1. The second-order valence-corrected chi connectivity index (χ2v) is 18.9. The topological polar surface area (TPSA) is 42.0 Å². The molecule has 0 bridgehead atoms. The van der Waals surface area contributed by atoms with E-state index in [1.165, 1.54) is 56.9 Å². The minimum absolute atomic E-state index is 0.193. The third kappa shape index (κ3) is 4.92. The molecule has 47 heavy (non-hydrogen) atoms. The van der Waals surface area contributed by atoms with Crippen LogP contribution >= 0.6 is 0 Å². The van der Waals surface area contributed by atoms with Crippen molar-refractivity contribution in [2.24, 2.45) is 62.6 Å². The Morgan fingerprint density at radius 3 is 2.30 bits per heavy atom. The predicted molar refractivity (Wildman–Crippen MR) is 194 cm³/mol. The van der Waals surface area contributed by atoms with Gasteiger partial charge >= 0.3 is 0 Å². The Bertz CT molecular complexity index is 1450. The Morgan fingerprint density at radius 1 is 0.830 bits per heavy atom. The van der Waals surface area contributed by atoms with E-state index in [1.807, 2.05) is 18.3 Å². The minimum atomic E-state index is -0.193. The molecule has 1 N–H and O–H groups in total. The summed E-state index contributed by atoms with van der Waals surface area (Å²) in [6, 6.07) is 15.6. The molecule has 0 aliphatic heterocycles. The van der Waals surface area contributed by atoms with Gasteiger partial charge in [-0.1, -0.05) is 84.4 Å². The van der Waals surface area contributed by atoms with Crippen LogP contribution in [0, 0.1) is 69.5 Å². The fraction of sp³-hybridized carbons (Fsp3) is 0.727. The molecule has 2 aromatic rings. The van der Waals surface area contributed by atoms with Crippen molar-refractivity contribution in [3.05, 3.63) is 65.5 Å². The minimum Gasteiger partial charge on any atom is -0.355 e. The Kier molecular flexibility index (Phi) is 8.32. The van der Waals surface area contributed by atoms with Crippen LogP contribution in [-0.2, 0) is 11.2 Å². The van der Waals surface area contributed by atoms with E-state index < -0.39 is 0 Å². The number of rotatable bonds is 6. The van der Waals surface area contributed by atoms with Crippen LogP contribution in [-0.4, -0.2) is 17.4 Å². The normalized spacial score (nSPS) is 42.1. The van der Waals surface area contributed by atoms with E-state index in [1.54, 1.807) is 5.56 Å². The van der Waals surface area contributed by atoms with Crippen molar-refractivity contribution in [1.29, 1.82) is 0 Å². The van der Waals surface area contributed by atoms with Gasteiger partial charge < -0.3 is 5.32 Å².